The van der Waals surface area contributed by atoms with E-state index >= 15 is 0 Å². The Balaban J connectivity index is 1.70. The van der Waals surface area contributed by atoms with Crippen molar-refractivity contribution in [2.75, 3.05) is 5.32 Å². The first-order valence-electron chi connectivity index (χ1n) is 9.82. The fourth-order valence-electron chi connectivity index (χ4n) is 3.63. The van der Waals surface area contributed by atoms with Crippen LogP contribution in [0.15, 0.2) is 34.3 Å². The number of benzene rings is 1. The number of aryl methyl sites for hydroxylation is 1. The molecule has 7 nitrogen and oxygen atoms in total. The molecule has 29 heavy (non-hydrogen) atoms. The van der Waals surface area contributed by atoms with E-state index in [-0.39, 0.29) is 16.1 Å². The van der Waals surface area contributed by atoms with Gasteiger partial charge in [0.15, 0.2) is 5.16 Å². The molecule has 0 saturated heterocycles. The molecule has 0 unspecified atom stereocenters. The molecule has 1 saturated carbocycles. The van der Waals surface area contributed by atoms with Crippen LogP contribution in [0, 0.1) is 13.8 Å². The number of amides is 1. The molecule has 9 heteroatoms. The average Bonchev–Trinajstić information content (AvgIpc) is 2.95. The third-order valence-electron chi connectivity index (χ3n) is 5.40. The molecule has 1 aromatic heterocycles. The first kappa shape index (κ1) is 21.9. The van der Waals surface area contributed by atoms with Gasteiger partial charge in [0.1, 0.15) is 0 Å². The second-order valence-electron chi connectivity index (χ2n) is 7.55. The van der Waals surface area contributed by atoms with Crippen molar-refractivity contribution < 1.29 is 13.2 Å². The van der Waals surface area contributed by atoms with E-state index in [0.717, 1.165) is 23.7 Å². The summed E-state index contributed by atoms with van der Waals surface area (Å²) in [5.74, 6) is -0.160. The maximum absolute atomic E-state index is 12.7. The molecule has 1 atom stereocenters. The van der Waals surface area contributed by atoms with Crippen molar-refractivity contribution in [3.8, 4) is 0 Å². The topological polar surface area (TPSA) is 107 Å². The minimum atomic E-state index is -3.75. The van der Waals surface area contributed by atoms with Crippen LogP contribution in [0.5, 0.6) is 0 Å². The fourth-order valence-corrected chi connectivity index (χ4v) is 5.22. The maximum Gasteiger partial charge on any atom is 0.238 e. The zero-order valence-corrected chi connectivity index (χ0v) is 18.6. The van der Waals surface area contributed by atoms with E-state index in [1.807, 2.05) is 13.8 Å². The van der Waals surface area contributed by atoms with Gasteiger partial charge < -0.3 is 9.88 Å². The first-order valence-corrected chi connectivity index (χ1v) is 12.2. The Morgan fingerprint density at radius 1 is 1.21 bits per heavy atom. The third-order valence-corrected chi connectivity index (χ3v) is 7.39. The molecule has 0 bridgehead atoms. The number of hydrogen-bond acceptors (Lipinski definition) is 5. The van der Waals surface area contributed by atoms with Crippen LogP contribution in [0.2, 0.25) is 0 Å². The van der Waals surface area contributed by atoms with Crippen LogP contribution < -0.4 is 10.5 Å². The molecule has 0 spiro atoms. The van der Waals surface area contributed by atoms with Gasteiger partial charge in [0.05, 0.1) is 15.8 Å². The van der Waals surface area contributed by atoms with Crippen LogP contribution in [0.1, 0.15) is 56.5 Å². The molecule has 0 radical (unpaired) electrons. The van der Waals surface area contributed by atoms with Crippen molar-refractivity contribution in [1.82, 2.24) is 9.55 Å². The lowest BCUT2D eigenvalue weighted by molar-refractivity contribution is -0.115. The number of primary sulfonamides is 1. The lowest BCUT2D eigenvalue weighted by Crippen LogP contribution is -2.23. The molecule has 2 aromatic rings. The van der Waals surface area contributed by atoms with Crippen LogP contribution in [-0.4, -0.2) is 29.1 Å². The van der Waals surface area contributed by atoms with E-state index in [1.54, 1.807) is 0 Å². The Bertz CT molecular complexity index is 978. The minimum Gasteiger partial charge on any atom is -0.325 e. The molecule has 1 aliphatic rings. The summed E-state index contributed by atoms with van der Waals surface area (Å²) in [6.07, 6.45) is 6.06. The highest BCUT2D eigenvalue weighted by Gasteiger charge is 2.25. The van der Waals surface area contributed by atoms with E-state index in [4.69, 9.17) is 10.1 Å². The summed E-state index contributed by atoms with van der Waals surface area (Å²) < 4.78 is 25.0. The highest BCUT2D eigenvalue weighted by Crippen LogP contribution is 2.35. The maximum atomic E-state index is 12.7. The largest absolute Gasteiger partial charge is 0.325 e. The van der Waals surface area contributed by atoms with E-state index in [2.05, 4.69) is 16.8 Å². The number of rotatable bonds is 6. The van der Waals surface area contributed by atoms with Gasteiger partial charge in [-0.2, -0.15) is 0 Å². The lowest BCUT2D eigenvalue weighted by atomic mass is 9.95. The van der Waals surface area contributed by atoms with Crippen molar-refractivity contribution in [3.63, 3.8) is 0 Å². The number of anilines is 1. The summed E-state index contributed by atoms with van der Waals surface area (Å²) in [5, 5.41) is 8.47. The molecule has 3 rings (SSSR count). The van der Waals surface area contributed by atoms with Gasteiger partial charge in [0, 0.05) is 17.4 Å². The molecule has 1 aromatic carbocycles. The third kappa shape index (κ3) is 5.21. The Morgan fingerprint density at radius 3 is 2.41 bits per heavy atom. The second-order valence-corrected chi connectivity index (χ2v) is 10.4. The average molecular weight is 437 g/mol. The van der Waals surface area contributed by atoms with Gasteiger partial charge in [-0.3, -0.25) is 4.79 Å². The zero-order chi connectivity index (χ0) is 21.2. The first-order chi connectivity index (χ1) is 13.7. The molecule has 1 aliphatic carbocycles. The summed E-state index contributed by atoms with van der Waals surface area (Å²) in [4.78, 5) is 17.4. The molecule has 158 valence electrons. The normalized spacial score (nSPS) is 16.6. The van der Waals surface area contributed by atoms with E-state index in [0.29, 0.717) is 11.7 Å². The number of sulfonamides is 1. The quantitative estimate of drug-likeness (QED) is 0.670. The standard InChI is InChI=1S/C20H28N4O3S2/c1-13-14(2)24(17-7-5-4-6-8-17)20(22-13)28-15(3)19(25)23-16-9-11-18(12-10-16)29(21,26)27/h9-12,15,17H,4-8H2,1-3H3,(H,23,25)(H2,21,26,27)/t15-/m1/s1. The zero-order valence-electron chi connectivity index (χ0n) is 17.0. The number of hydrogen-bond donors (Lipinski definition) is 2. The van der Waals surface area contributed by atoms with Crippen molar-refractivity contribution in [2.45, 2.75) is 74.2 Å². The van der Waals surface area contributed by atoms with E-state index in [9.17, 15) is 13.2 Å². The monoisotopic (exact) mass is 436 g/mol. The number of imidazole rings is 1. The molecule has 0 aliphatic heterocycles. The van der Waals surface area contributed by atoms with Gasteiger partial charge in [-0.05, 0) is 57.9 Å². The van der Waals surface area contributed by atoms with Gasteiger partial charge in [-0.25, -0.2) is 18.5 Å². The summed E-state index contributed by atoms with van der Waals surface area (Å²) in [5.41, 5.74) is 2.70. The molecule has 1 amide bonds. The summed E-state index contributed by atoms with van der Waals surface area (Å²) in [7, 11) is -3.75. The number of carbonyl (C=O) groups excluding carboxylic acids is 1. The van der Waals surface area contributed by atoms with Crippen molar-refractivity contribution in [2.24, 2.45) is 5.14 Å². The van der Waals surface area contributed by atoms with Gasteiger partial charge in [0.25, 0.3) is 0 Å². The number of nitrogens with one attached hydrogen (secondary N) is 1. The smallest absolute Gasteiger partial charge is 0.238 e. The lowest BCUT2D eigenvalue weighted by Gasteiger charge is -2.26. The summed E-state index contributed by atoms with van der Waals surface area (Å²) in [6, 6.07) is 6.28. The molecular weight excluding hydrogens is 408 g/mol. The van der Waals surface area contributed by atoms with Crippen molar-refractivity contribution >= 4 is 33.4 Å². The van der Waals surface area contributed by atoms with Crippen LogP contribution in [0.25, 0.3) is 0 Å². The van der Waals surface area contributed by atoms with E-state index in [1.165, 1.54) is 61.0 Å². The summed E-state index contributed by atoms with van der Waals surface area (Å²) in [6.45, 7) is 5.96. The molecule has 1 fully saturated rings. The Kier molecular flexibility index (Phi) is 6.70. The van der Waals surface area contributed by atoms with Gasteiger partial charge in [0.2, 0.25) is 15.9 Å². The highest BCUT2D eigenvalue weighted by molar-refractivity contribution is 8.00. The van der Waals surface area contributed by atoms with Crippen molar-refractivity contribution in [1.29, 1.82) is 0 Å². The van der Waals surface area contributed by atoms with Gasteiger partial charge in [-0.15, -0.1) is 0 Å². The Hall–Kier alpha value is -1.84. The van der Waals surface area contributed by atoms with Crippen LogP contribution in [-0.2, 0) is 14.8 Å². The predicted molar refractivity (Wildman–Crippen MR) is 116 cm³/mol. The Morgan fingerprint density at radius 2 is 1.83 bits per heavy atom. The van der Waals surface area contributed by atoms with Crippen LogP contribution in [0.4, 0.5) is 5.69 Å². The molecule has 1 heterocycles. The molecule has 3 N–H and O–H groups in total. The number of nitrogens with zero attached hydrogens (tertiary/aromatic N) is 2. The number of thioether (sulfide) groups is 1. The predicted octanol–water partition coefficient (Wildman–Crippen LogP) is 3.77. The number of carbonyl (C=O) groups is 1. The second kappa shape index (κ2) is 8.89. The van der Waals surface area contributed by atoms with Crippen molar-refractivity contribution in [3.05, 3.63) is 35.7 Å². The van der Waals surface area contributed by atoms with Gasteiger partial charge in [-0.1, -0.05) is 31.0 Å². The van der Waals surface area contributed by atoms with Crippen LogP contribution in [0.3, 0.4) is 0 Å². The number of aromatic nitrogens is 2. The fraction of sp³-hybridized carbons (Fsp3) is 0.500. The minimum absolute atomic E-state index is 0.0124. The number of nitrogens with two attached hydrogens (primary N) is 1. The molecular formula is C20H28N4O3S2. The van der Waals surface area contributed by atoms with Gasteiger partial charge >= 0.3 is 0 Å². The SMILES string of the molecule is Cc1nc(S[C@H](C)C(=O)Nc2ccc(S(N)(=O)=O)cc2)n(C2CCCCC2)c1C. The van der Waals surface area contributed by atoms with E-state index < -0.39 is 10.0 Å². The summed E-state index contributed by atoms with van der Waals surface area (Å²) >= 11 is 1.46. The van der Waals surface area contributed by atoms with Crippen LogP contribution >= 0.6 is 11.8 Å². The Labute approximate surface area is 176 Å². The highest BCUT2D eigenvalue weighted by atomic mass is 32.2.